The van der Waals surface area contributed by atoms with E-state index in [1.165, 1.54) is 13.8 Å². The number of anilines is 2. The normalized spacial score (nSPS) is 12.8. The van der Waals surface area contributed by atoms with Crippen LogP contribution in [0.2, 0.25) is 0 Å². The Labute approximate surface area is 161 Å². The number of benzene rings is 2. The molecule has 2 rings (SSSR count). The lowest BCUT2D eigenvalue weighted by Crippen LogP contribution is -2.14. The zero-order chi connectivity index (χ0) is 19.3. The van der Waals surface area contributed by atoms with E-state index in [0.717, 1.165) is 0 Å². The standard InChI is InChI=1S/C19H18Cl2N2O3/c1-11(24)22-15-7-3-13(4-8-15)17(20)19(26)18(21)14-5-9-16(10-6-14)23-12(2)25/h3-10,17-18H,1-2H3,(H,22,24)(H,23,25). The molecule has 2 atom stereocenters. The van der Waals surface area contributed by atoms with Gasteiger partial charge >= 0.3 is 0 Å². The van der Waals surface area contributed by atoms with Crippen molar-refractivity contribution in [3.8, 4) is 0 Å². The third-order valence-corrected chi connectivity index (χ3v) is 4.48. The van der Waals surface area contributed by atoms with Crippen LogP contribution in [0.3, 0.4) is 0 Å². The molecule has 2 unspecified atom stereocenters. The van der Waals surface area contributed by atoms with Gasteiger partial charge in [0.2, 0.25) is 11.8 Å². The highest BCUT2D eigenvalue weighted by Gasteiger charge is 2.26. The molecule has 2 amide bonds. The van der Waals surface area contributed by atoms with Crippen molar-refractivity contribution in [3.63, 3.8) is 0 Å². The van der Waals surface area contributed by atoms with Crippen LogP contribution in [0.1, 0.15) is 35.7 Å². The SMILES string of the molecule is CC(=O)Nc1ccc(C(Cl)C(=O)C(Cl)c2ccc(NC(C)=O)cc2)cc1. The second-order valence-corrected chi connectivity index (χ2v) is 6.61. The van der Waals surface area contributed by atoms with Crippen LogP contribution in [0, 0.1) is 0 Å². The van der Waals surface area contributed by atoms with Crippen molar-refractivity contribution in [1.82, 2.24) is 0 Å². The number of carbonyl (C=O) groups excluding carboxylic acids is 3. The zero-order valence-corrected chi connectivity index (χ0v) is 15.8. The van der Waals surface area contributed by atoms with Crippen molar-refractivity contribution in [2.45, 2.75) is 24.6 Å². The molecule has 136 valence electrons. The average Bonchev–Trinajstić information content (AvgIpc) is 2.60. The highest BCUT2D eigenvalue weighted by atomic mass is 35.5. The Bertz CT molecular complexity index is 737. The molecule has 0 heterocycles. The van der Waals surface area contributed by atoms with Gasteiger partial charge in [0.15, 0.2) is 5.78 Å². The van der Waals surface area contributed by atoms with Gasteiger partial charge in [-0.25, -0.2) is 0 Å². The Morgan fingerprint density at radius 1 is 0.692 bits per heavy atom. The van der Waals surface area contributed by atoms with E-state index >= 15 is 0 Å². The van der Waals surface area contributed by atoms with E-state index in [2.05, 4.69) is 10.6 Å². The topological polar surface area (TPSA) is 75.3 Å². The second kappa shape index (κ2) is 8.83. The summed E-state index contributed by atoms with van der Waals surface area (Å²) in [5.74, 6) is -0.715. The van der Waals surface area contributed by atoms with Gasteiger partial charge in [0, 0.05) is 25.2 Å². The minimum atomic E-state index is -0.918. The predicted octanol–water partition coefficient (Wildman–Crippen LogP) is 4.43. The fourth-order valence-corrected chi connectivity index (χ4v) is 2.94. The van der Waals surface area contributed by atoms with Crippen molar-refractivity contribution in [1.29, 1.82) is 0 Å². The first kappa shape index (κ1) is 19.9. The molecule has 0 fully saturated rings. The molecular weight excluding hydrogens is 375 g/mol. The molecule has 0 aliphatic carbocycles. The quantitative estimate of drug-likeness (QED) is 0.713. The maximum absolute atomic E-state index is 12.6. The van der Waals surface area contributed by atoms with Crippen LogP contribution < -0.4 is 10.6 Å². The van der Waals surface area contributed by atoms with Crippen molar-refractivity contribution in [2.75, 3.05) is 10.6 Å². The van der Waals surface area contributed by atoms with E-state index in [-0.39, 0.29) is 17.6 Å². The van der Waals surface area contributed by atoms with Gasteiger partial charge < -0.3 is 10.6 Å². The van der Waals surface area contributed by atoms with Crippen LogP contribution in [-0.2, 0) is 14.4 Å². The van der Waals surface area contributed by atoms with Crippen LogP contribution in [0.25, 0.3) is 0 Å². The summed E-state index contributed by atoms with van der Waals surface area (Å²) in [4.78, 5) is 34.6. The number of hydrogen-bond acceptors (Lipinski definition) is 3. The minimum Gasteiger partial charge on any atom is -0.326 e. The molecule has 0 saturated carbocycles. The smallest absolute Gasteiger partial charge is 0.221 e. The van der Waals surface area contributed by atoms with E-state index < -0.39 is 10.8 Å². The van der Waals surface area contributed by atoms with Crippen LogP contribution in [-0.4, -0.2) is 17.6 Å². The molecule has 0 aliphatic heterocycles. The van der Waals surface area contributed by atoms with Gasteiger partial charge in [-0.3, -0.25) is 14.4 Å². The average molecular weight is 393 g/mol. The molecule has 0 aromatic heterocycles. The van der Waals surface area contributed by atoms with Gasteiger partial charge in [-0.2, -0.15) is 0 Å². The first-order valence-electron chi connectivity index (χ1n) is 7.85. The third kappa shape index (κ3) is 5.31. The molecule has 0 bridgehead atoms. The van der Waals surface area contributed by atoms with Crippen molar-refractivity contribution in [3.05, 3.63) is 59.7 Å². The number of Topliss-reactive ketones (excluding diaryl/α,β-unsaturated/α-hetero) is 1. The summed E-state index contributed by atoms with van der Waals surface area (Å²) in [6.45, 7) is 2.83. The fraction of sp³-hybridized carbons (Fsp3) is 0.211. The van der Waals surface area contributed by atoms with E-state index in [9.17, 15) is 14.4 Å². The molecular formula is C19H18Cl2N2O3. The second-order valence-electron chi connectivity index (χ2n) is 5.73. The van der Waals surface area contributed by atoms with E-state index in [1.807, 2.05) is 0 Å². The molecule has 2 aromatic carbocycles. The van der Waals surface area contributed by atoms with Gasteiger partial charge in [0.05, 0.1) is 0 Å². The van der Waals surface area contributed by atoms with Crippen LogP contribution in [0.4, 0.5) is 11.4 Å². The van der Waals surface area contributed by atoms with E-state index in [1.54, 1.807) is 48.5 Å². The number of alkyl halides is 2. The Kier molecular flexibility index (Phi) is 6.77. The maximum atomic E-state index is 12.6. The fourth-order valence-electron chi connectivity index (χ4n) is 2.33. The third-order valence-electron chi connectivity index (χ3n) is 3.55. The van der Waals surface area contributed by atoms with Gasteiger partial charge in [0.1, 0.15) is 10.8 Å². The van der Waals surface area contributed by atoms with Crippen LogP contribution in [0.15, 0.2) is 48.5 Å². The summed E-state index contributed by atoms with van der Waals surface area (Å²) >= 11 is 12.6. The Morgan fingerprint density at radius 2 is 1.00 bits per heavy atom. The highest BCUT2D eigenvalue weighted by Crippen LogP contribution is 2.33. The number of nitrogens with one attached hydrogen (secondary N) is 2. The molecule has 2 N–H and O–H groups in total. The summed E-state index contributed by atoms with van der Waals surface area (Å²) in [7, 11) is 0. The monoisotopic (exact) mass is 392 g/mol. The Hall–Kier alpha value is -2.37. The number of halogens is 2. The largest absolute Gasteiger partial charge is 0.326 e. The molecule has 26 heavy (non-hydrogen) atoms. The summed E-state index contributed by atoms with van der Waals surface area (Å²) in [6.07, 6.45) is 0. The summed E-state index contributed by atoms with van der Waals surface area (Å²) in [5.41, 5.74) is 2.42. The van der Waals surface area contributed by atoms with Crippen LogP contribution in [0.5, 0.6) is 0 Å². The molecule has 7 heteroatoms. The van der Waals surface area contributed by atoms with E-state index in [4.69, 9.17) is 23.2 Å². The van der Waals surface area contributed by atoms with Gasteiger partial charge in [-0.1, -0.05) is 24.3 Å². The van der Waals surface area contributed by atoms with E-state index in [0.29, 0.717) is 22.5 Å². The van der Waals surface area contributed by atoms with Crippen molar-refractivity contribution in [2.24, 2.45) is 0 Å². The summed E-state index contributed by atoms with van der Waals surface area (Å²) < 4.78 is 0. The Morgan fingerprint density at radius 3 is 1.27 bits per heavy atom. The molecule has 0 aliphatic rings. The summed E-state index contributed by atoms with van der Waals surface area (Å²) in [5, 5.41) is 3.45. The minimum absolute atomic E-state index is 0.181. The molecule has 0 spiro atoms. The van der Waals surface area contributed by atoms with Crippen molar-refractivity contribution < 1.29 is 14.4 Å². The molecule has 2 aromatic rings. The van der Waals surface area contributed by atoms with Gasteiger partial charge in [0.25, 0.3) is 0 Å². The highest BCUT2D eigenvalue weighted by molar-refractivity contribution is 6.40. The lowest BCUT2D eigenvalue weighted by molar-refractivity contribution is -0.118. The Balaban J connectivity index is 2.08. The zero-order valence-electron chi connectivity index (χ0n) is 14.3. The molecule has 0 radical (unpaired) electrons. The number of ketones is 1. The number of carbonyl (C=O) groups is 3. The molecule has 0 saturated heterocycles. The lowest BCUT2D eigenvalue weighted by atomic mass is 10.0. The van der Waals surface area contributed by atoms with Gasteiger partial charge in [-0.15, -0.1) is 23.2 Å². The predicted molar refractivity (Wildman–Crippen MR) is 104 cm³/mol. The lowest BCUT2D eigenvalue weighted by Gasteiger charge is -2.15. The first-order valence-corrected chi connectivity index (χ1v) is 8.72. The van der Waals surface area contributed by atoms with Gasteiger partial charge in [-0.05, 0) is 35.4 Å². The summed E-state index contributed by atoms with van der Waals surface area (Å²) in [6, 6.07) is 13.4. The first-order chi connectivity index (χ1) is 12.3. The number of hydrogen-bond donors (Lipinski definition) is 2. The maximum Gasteiger partial charge on any atom is 0.221 e. The van der Waals surface area contributed by atoms with Crippen LogP contribution >= 0.6 is 23.2 Å². The van der Waals surface area contributed by atoms with Crippen molar-refractivity contribution >= 4 is 52.2 Å². The molecule has 5 nitrogen and oxygen atoms in total. The number of rotatable bonds is 6. The number of amides is 2.